The molecule has 0 bridgehead atoms. The molecule has 3 aromatic carbocycles. The van der Waals surface area contributed by atoms with Gasteiger partial charge in [0.1, 0.15) is 6.07 Å². The zero-order valence-corrected chi connectivity index (χ0v) is 13.8. The van der Waals surface area contributed by atoms with Crippen molar-refractivity contribution in [2.75, 3.05) is 10.6 Å². The lowest BCUT2D eigenvalue weighted by molar-refractivity contribution is 0.102. The van der Waals surface area contributed by atoms with E-state index in [-0.39, 0.29) is 0 Å². The van der Waals surface area contributed by atoms with E-state index in [1.807, 2.05) is 0 Å². The van der Waals surface area contributed by atoms with E-state index < -0.39 is 28.9 Å². The molecule has 0 saturated carbocycles. The van der Waals surface area contributed by atoms with Crippen LogP contribution in [0.4, 0.5) is 30.2 Å². The van der Waals surface area contributed by atoms with E-state index >= 15 is 0 Å². The fourth-order valence-corrected chi connectivity index (χ4v) is 2.38. The van der Waals surface area contributed by atoms with Crippen LogP contribution in [-0.4, -0.2) is 5.91 Å². The molecule has 3 rings (SSSR count). The van der Waals surface area contributed by atoms with Gasteiger partial charge in [-0.05, 0) is 48.5 Å². The molecule has 27 heavy (non-hydrogen) atoms. The Morgan fingerprint density at radius 1 is 0.852 bits per heavy atom. The lowest BCUT2D eigenvalue weighted by Crippen LogP contribution is -2.15. The van der Waals surface area contributed by atoms with Crippen LogP contribution in [0.15, 0.2) is 60.7 Å². The largest absolute Gasteiger partial charge is 0.354 e. The number of amides is 1. The molecule has 7 heteroatoms. The smallest absolute Gasteiger partial charge is 0.258 e. The maximum absolute atomic E-state index is 13.7. The van der Waals surface area contributed by atoms with Crippen LogP contribution in [0.25, 0.3) is 0 Å². The monoisotopic (exact) mass is 367 g/mol. The average molecular weight is 367 g/mol. The Labute approximate surface area is 152 Å². The number of hydrogen-bond donors (Lipinski definition) is 2. The Morgan fingerprint density at radius 3 is 2.22 bits per heavy atom. The first-order valence-corrected chi connectivity index (χ1v) is 7.80. The molecule has 0 aliphatic heterocycles. The van der Waals surface area contributed by atoms with Gasteiger partial charge in [-0.25, -0.2) is 13.2 Å². The Bertz CT molecular complexity index is 1040. The van der Waals surface area contributed by atoms with Crippen molar-refractivity contribution < 1.29 is 18.0 Å². The van der Waals surface area contributed by atoms with Crippen molar-refractivity contribution in [2.24, 2.45) is 0 Å². The maximum atomic E-state index is 13.7. The SMILES string of the molecule is N#Cc1ccccc1Nc1ccc(NC(=O)c2ccc(F)c(F)c2F)cc1. The molecule has 0 fully saturated rings. The molecule has 0 unspecified atom stereocenters. The zero-order valence-electron chi connectivity index (χ0n) is 13.8. The van der Waals surface area contributed by atoms with Crippen molar-refractivity contribution in [3.63, 3.8) is 0 Å². The summed E-state index contributed by atoms with van der Waals surface area (Å²) in [5, 5.41) is 14.6. The van der Waals surface area contributed by atoms with Crippen molar-refractivity contribution in [3.05, 3.63) is 89.2 Å². The number of anilines is 3. The van der Waals surface area contributed by atoms with Crippen LogP contribution >= 0.6 is 0 Å². The lowest BCUT2D eigenvalue weighted by atomic mass is 10.1. The molecule has 0 aromatic heterocycles. The molecule has 0 atom stereocenters. The Hall–Kier alpha value is -3.79. The van der Waals surface area contributed by atoms with Crippen LogP contribution < -0.4 is 10.6 Å². The second-order valence-electron chi connectivity index (χ2n) is 5.54. The first-order valence-electron chi connectivity index (χ1n) is 7.80. The number of nitrogens with zero attached hydrogens (tertiary/aromatic N) is 1. The molecule has 1 amide bonds. The summed E-state index contributed by atoms with van der Waals surface area (Å²) in [5.41, 5.74) is 1.50. The normalized spacial score (nSPS) is 10.1. The molecule has 4 nitrogen and oxygen atoms in total. The third-order valence-corrected chi connectivity index (χ3v) is 3.75. The zero-order chi connectivity index (χ0) is 19.4. The second-order valence-corrected chi connectivity index (χ2v) is 5.54. The summed E-state index contributed by atoms with van der Waals surface area (Å²) in [6.45, 7) is 0. The summed E-state index contributed by atoms with van der Waals surface area (Å²) in [7, 11) is 0. The number of nitriles is 1. The molecule has 2 N–H and O–H groups in total. The predicted molar refractivity (Wildman–Crippen MR) is 95.2 cm³/mol. The number of hydrogen-bond acceptors (Lipinski definition) is 3. The van der Waals surface area contributed by atoms with Gasteiger partial charge in [0, 0.05) is 11.4 Å². The van der Waals surface area contributed by atoms with Crippen LogP contribution in [-0.2, 0) is 0 Å². The number of carbonyl (C=O) groups is 1. The van der Waals surface area contributed by atoms with Gasteiger partial charge in [0.25, 0.3) is 5.91 Å². The van der Waals surface area contributed by atoms with Crippen molar-refractivity contribution >= 4 is 23.0 Å². The van der Waals surface area contributed by atoms with Gasteiger partial charge in [-0.15, -0.1) is 0 Å². The molecule has 0 saturated heterocycles. The molecule has 134 valence electrons. The molecule has 0 heterocycles. The molecular formula is C20H12F3N3O. The summed E-state index contributed by atoms with van der Waals surface area (Å²) in [5.74, 6) is -5.50. The number of halogens is 3. The van der Waals surface area contributed by atoms with Gasteiger partial charge in [-0.2, -0.15) is 5.26 Å². The van der Waals surface area contributed by atoms with E-state index in [4.69, 9.17) is 5.26 Å². The standard InChI is InChI=1S/C20H12F3N3O/c21-16-10-9-15(18(22)19(16)23)20(27)26-14-7-5-13(6-8-14)25-17-4-2-1-3-12(17)11-24/h1-10,25H,(H,26,27). The molecular weight excluding hydrogens is 355 g/mol. The number of para-hydroxylation sites is 1. The molecule has 0 radical (unpaired) electrons. The van der Waals surface area contributed by atoms with E-state index in [1.54, 1.807) is 48.5 Å². The lowest BCUT2D eigenvalue weighted by Gasteiger charge is -2.10. The summed E-state index contributed by atoms with van der Waals surface area (Å²) < 4.78 is 39.9. The topological polar surface area (TPSA) is 64.9 Å². The van der Waals surface area contributed by atoms with E-state index in [1.165, 1.54) is 0 Å². The van der Waals surface area contributed by atoms with Gasteiger partial charge in [-0.3, -0.25) is 4.79 Å². The van der Waals surface area contributed by atoms with E-state index in [2.05, 4.69) is 16.7 Å². The quantitative estimate of drug-likeness (QED) is 0.640. The first-order chi connectivity index (χ1) is 13.0. The highest BCUT2D eigenvalue weighted by Gasteiger charge is 2.18. The third-order valence-electron chi connectivity index (χ3n) is 3.75. The summed E-state index contributed by atoms with van der Waals surface area (Å²) >= 11 is 0. The van der Waals surface area contributed by atoms with Crippen molar-refractivity contribution in [2.45, 2.75) is 0 Å². The van der Waals surface area contributed by atoms with Crippen LogP contribution in [0.1, 0.15) is 15.9 Å². The van der Waals surface area contributed by atoms with E-state index in [0.29, 0.717) is 28.7 Å². The minimum Gasteiger partial charge on any atom is -0.354 e. The van der Waals surface area contributed by atoms with Crippen molar-refractivity contribution in [1.82, 2.24) is 0 Å². The Balaban J connectivity index is 1.74. The Morgan fingerprint density at radius 2 is 1.52 bits per heavy atom. The van der Waals surface area contributed by atoms with Crippen LogP contribution in [0.5, 0.6) is 0 Å². The van der Waals surface area contributed by atoms with Gasteiger partial charge >= 0.3 is 0 Å². The van der Waals surface area contributed by atoms with Gasteiger partial charge in [0.2, 0.25) is 0 Å². The number of carbonyl (C=O) groups excluding carboxylic acids is 1. The predicted octanol–water partition coefficient (Wildman–Crippen LogP) is 4.97. The minimum absolute atomic E-state index is 0.336. The van der Waals surface area contributed by atoms with Gasteiger partial charge in [0.05, 0.1) is 16.8 Å². The highest BCUT2D eigenvalue weighted by Crippen LogP contribution is 2.22. The van der Waals surface area contributed by atoms with Crippen LogP contribution in [0.3, 0.4) is 0 Å². The number of benzene rings is 3. The molecule has 0 aliphatic rings. The summed E-state index contributed by atoms with van der Waals surface area (Å²) in [6, 6.07) is 17.0. The van der Waals surface area contributed by atoms with Gasteiger partial charge in [0.15, 0.2) is 17.5 Å². The van der Waals surface area contributed by atoms with Gasteiger partial charge < -0.3 is 10.6 Å². The fraction of sp³-hybridized carbons (Fsp3) is 0. The Kier molecular flexibility index (Phi) is 5.08. The van der Waals surface area contributed by atoms with Crippen LogP contribution in [0, 0.1) is 28.8 Å². The molecule has 0 aliphatic carbocycles. The third kappa shape index (κ3) is 3.90. The molecule has 0 spiro atoms. The van der Waals surface area contributed by atoms with Crippen molar-refractivity contribution in [3.8, 4) is 6.07 Å². The van der Waals surface area contributed by atoms with E-state index in [9.17, 15) is 18.0 Å². The second kappa shape index (κ2) is 7.62. The highest BCUT2D eigenvalue weighted by molar-refractivity contribution is 6.04. The number of rotatable bonds is 4. The first kappa shape index (κ1) is 18.0. The van der Waals surface area contributed by atoms with Gasteiger partial charge in [-0.1, -0.05) is 12.1 Å². The molecule has 3 aromatic rings. The summed E-state index contributed by atoms with van der Waals surface area (Å²) in [4.78, 5) is 12.1. The highest BCUT2D eigenvalue weighted by atomic mass is 19.2. The number of nitrogens with one attached hydrogen (secondary N) is 2. The minimum atomic E-state index is -1.70. The van der Waals surface area contributed by atoms with E-state index in [0.717, 1.165) is 6.07 Å². The van der Waals surface area contributed by atoms with Crippen molar-refractivity contribution in [1.29, 1.82) is 5.26 Å². The summed E-state index contributed by atoms with van der Waals surface area (Å²) in [6.07, 6.45) is 0. The fourth-order valence-electron chi connectivity index (χ4n) is 2.38. The van der Waals surface area contributed by atoms with Crippen LogP contribution in [0.2, 0.25) is 0 Å². The maximum Gasteiger partial charge on any atom is 0.258 e. The average Bonchev–Trinajstić information content (AvgIpc) is 2.68.